The number of aliphatic hydroxyl groups is 1. The number of hydrogen-bond donors (Lipinski definition) is 1. The van der Waals surface area contributed by atoms with Crippen LogP contribution in [-0.2, 0) is 43.1 Å². The van der Waals surface area contributed by atoms with Crippen molar-refractivity contribution in [2.75, 3.05) is 13.7 Å². The molecule has 1 saturated heterocycles. The minimum Gasteiger partial charge on any atom is -0.381 e. The van der Waals surface area contributed by atoms with Gasteiger partial charge in [-0.05, 0) is 16.7 Å². The van der Waals surface area contributed by atoms with Crippen LogP contribution in [0.15, 0.2) is 91.0 Å². The molecule has 1 fully saturated rings. The summed E-state index contributed by atoms with van der Waals surface area (Å²) >= 11 is 0. The average molecular weight is 483 g/mol. The zero-order valence-corrected chi connectivity index (χ0v) is 20.1. The van der Waals surface area contributed by atoms with Gasteiger partial charge in [-0.3, -0.25) is 0 Å². The van der Waals surface area contributed by atoms with Gasteiger partial charge in [-0.15, -0.1) is 0 Å². The second-order valence-electron chi connectivity index (χ2n) is 8.05. The fraction of sp³-hybridized carbons (Fsp3) is 0.333. The number of hydrogen-bond acceptors (Lipinski definition) is 6. The Morgan fingerprint density at radius 3 is 1.68 bits per heavy atom. The molecule has 1 aliphatic heterocycles. The van der Waals surface area contributed by atoms with Crippen LogP contribution in [0.4, 0.5) is 0 Å². The monoisotopic (exact) mass is 482 g/mol. The van der Waals surface area contributed by atoms with Gasteiger partial charge in [0.1, 0.15) is 18.3 Å². The molecule has 0 bridgehead atoms. The first-order chi connectivity index (χ1) is 16.7. The van der Waals surface area contributed by atoms with E-state index < -0.39 is 32.5 Å². The summed E-state index contributed by atoms with van der Waals surface area (Å²) in [4.78, 5) is 0. The van der Waals surface area contributed by atoms with Gasteiger partial charge >= 0.3 is 0 Å². The lowest BCUT2D eigenvalue weighted by molar-refractivity contribution is -0.176. The standard InChI is InChI=1S/C27H31O6P/c1-29-34-27(28)26(32-19-23-15-9-4-10-16-23)25(31-18-22-13-7-3-8-14-22)24(33-34)20-30-17-21-11-5-2-6-12-21/h2-16,24-28H,17-20H2,1H3/t24-,25-,26+,27+,34-/m1/s1. The summed E-state index contributed by atoms with van der Waals surface area (Å²) in [6.45, 7) is 1.45. The Labute approximate surface area is 202 Å². The van der Waals surface area contributed by atoms with Crippen molar-refractivity contribution < 1.29 is 28.4 Å². The molecule has 0 aromatic heterocycles. The Bertz CT molecular complexity index is 959. The van der Waals surface area contributed by atoms with E-state index in [4.69, 9.17) is 23.3 Å². The van der Waals surface area contributed by atoms with Crippen molar-refractivity contribution in [2.24, 2.45) is 0 Å². The van der Waals surface area contributed by atoms with E-state index in [1.165, 1.54) is 7.11 Å². The summed E-state index contributed by atoms with van der Waals surface area (Å²) in [6, 6.07) is 29.8. The van der Waals surface area contributed by atoms with Gasteiger partial charge in [-0.2, -0.15) is 0 Å². The molecule has 1 aliphatic rings. The maximum Gasteiger partial charge on any atom is 0.204 e. The molecule has 3 aromatic carbocycles. The molecule has 0 saturated carbocycles. The average Bonchev–Trinajstić information content (AvgIpc) is 2.89. The molecule has 0 unspecified atom stereocenters. The minimum atomic E-state index is -1.58. The third-order valence-corrected chi connectivity index (χ3v) is 7.15. The fourth-order valence-corrected chi connectivity index (χ4v) is 5.19. The van der Waals surface area contributed by atoms with Gasteiger partial charge in [0, 0.05) is 7.11 Å². The van der Waals surface area contributed by atoms with Gasteiger partial charge in [0.05, 0.1) is 26.4 Å². The van der Waals surface area contributed by atoms with Crippen LogP contribution in [0.5, 0.6) is 0 Å². The highest BCUT2D eigenvalue weighted by molar-refractivity contribution is 7.48. The van der Waals surface area contributed by atoms with Crippen LogP contribution in [0.1, 0.15) is 16.7 Å². The Kier molecular flexibility index (Phi) is 9.60. The van der Waals surface area contributed by atoms with Crippen LogP contribution in [0.2, 0.25) is 0 Å². The van der Waals surface area contributed by atoms with E-state index in [0.717, 1.165) is 16.7 Å². The summed E-state index contributed by atoms with van der Waals surface area (Å²) in [5.41, 5.74) is 3.12. The topological polar surface area (TPSA) is 66.4 Å². The number of rotatable bonds is 11. The molecule has 0 amide bonds. The van der Waals surface area contributed by atoms with Crippen LogP contribution < -0.4 is 0 Å². The summed E-state index contributed by atoms with van der Waals surface area (Å²) < 4.78 is 30.2. The van der Waals surface area contributed by atoms with Crippen molar-refractivity contribution in [1.82, 2.24) is 0 Å². The zero-order valence-electron chi connectivity index (χ0n) is 19.2. The Balaban J connectivity index is 1.48. The molecule has 180 valence electrons. The molecule has 1 N–H and O–H groups in total. The van der Waals surface area contributed by atoms with Gasteiger partial charge < -0.3 is 28.4 Å². The van der Waals surface area contributed by atoms with Crippen molar-refractivity contribution >= 4 is 8.38 Å². The third-order valence-electron chi connectivity index (χ3n) is 5.58. The van der Waals surface area contributed by atoms with Gasteiger partial charge in [-0.25, -0.2) is 0 Å². The fourth-order valence-electron chi connectivity index (χ4n) is 3.82. The molecular formula is C27H31O6P. The molecule has 6 nitrogen and oxygen atoms in total. The first-order valence-corrected chi connectivity index (χ1v) is 12.6. The molecule has 1 heterocycles. The van der Waals surface area contributed by atoms with E-state index in [1.807, 2.05) is 91.0 Å². The quantitative estimate of drug-likeness (QED) is 0.386. The summed E-state index contributed by atoms with van der Waals surface area (Å²) in [5.74, 6) is -0.949. The normalized spacial score (nSPS) is 24.7. The highest BCUT2D eigenvalue weighted by Crippen LogP contribution is 2.51. The van der Waals surface area contributed by atoms with E-state index in [9.17, 15) is 5.11 Å². The molecule has 0 spiro atoms. The largest absolute Gasteiger partial charge is 0.381 e. The first-order valence-electron chi connectivity index (χ1n) is 11.4. The Morgan fingerprint density at radius 1 is 0.706 bits per heavy atom. The number of ether oxygens (including phenoxy) is 3. The van der Waals surface area contributed by atoms with Crippen LogP contribution >= 0.6 is 8.38 Å². The van der Waals surface area contributed by atoms with Crippen LogP contribution in [0.3, 0.4) is 0 Å². The molecule has 0 radical (unpaired) electrons. The zero-order chi connectivity index (χ0) is 23.6. The SMILES string of the molecule is CO[P@]1O[C@H](COCc2ccccc2)[C@@H](OCc2ccccc2)[C@H](OCc2ccccc2)[C@H]1O. The predicted molar refractivity (Wildman–Crippen MR) is 131 cm³/mol. The third kappa shape index (κ3) is 6.94. The molecule has 34 heavy (non-hydrogen) atoms. The Morgan fingerprint density at radius 2 is 1.18 bits per heavy atom. The van der Waals surface area contributed by atoms with E-state index in [0.29, 0.717) is 19.8 Å². The maximum atomic E-state index is 11.0. The summed E-state index contributed by atoms with van der Waals surface area (Å²) in [7, 11) is -0.0437. The smallest absolute Gasteiger partial charge is 0.204 e. The maximum absolute atomic E-state index is 11.0. The molecule has 7 heteroatoms. The highest BCUT2D eigenvalue weighted by atomic mass is 31.2. The van der Waals surface area contributed by atoms with Crippen molar-refractivity contribution in [3.8, 4) is 0 Å². The van der Waals surface area contributed by atoms with Gasteiger partial charge in [-0.1, -0.05) is 91.0 Å². The first kappa shape index (κ1) is 25.0. The van der Waals surface area contributed by atoms with Gasteiger partial charge in [0.15, 0.2) is 5.85 Å². The summed E-state index contributed by atoms with van der Waals surface area (Å²) in [6.07, 6.45) is -1.62. The van der Waals surface area contributed by atoms with Crippen molar-refractivity contribution in [3.63, 3.8) is 0 Å². The second-order valence-corrected chi connectivity index (χ2v) is 9.72. The van der Waals surface area contributed by atoms with E-state index in [2.05, 4.69) is 0 Å². The number of aliphatic hydroxyl groups excluding tert-OH is 1. The lowest BCUT2D eigenvalue weighted by atomic mass is 10.1. The van der Waals surface area contributed by atoms with E-state index in [-0.39, 0.29) is 6.61 Å². The number of benzene rings is 3. The molecular weight excluding hydrogens is 451 g/mol. The minimum absolute atomic E-state index is 0.286. The van der Waals surface area contributed by atoms with Crippen molar-refractivity contribution in [1.29, 1.82) is 0 Å². The Hall–Kier alpha value is -2.15. The van der Waals surface area contributed by atoms with Crippen molar-refractivity contribution in [3.05, 3.63) is 108 Å². The van der Waals surface area contributed by atoms with Crippen LogP contribution in [0.25, 0.3) is 0 Å². The van der Waals surface area contributed by atoms with Crippen LogP contribution in [0, 0.1) is 0 Å². The van der Waals surface area contributed by atoms with Gasteiger partial charge in [0.2, 0.25) is 8.38 Å². The van der Waals surface area contributed by atoms with Crippen LogP contribution in [-0.4, -0.2) is 43.0 Å². The summed E-state index contributed by atoms with van der Waals surface area (Å²) in [5, 5.41) is 11.0. The second kappa shape index (κ2) is 13.1. The lowest BCUT2D eigenvalue weighted by Gasteiger charge is -2.43. The van der Waals surface area contributed by atoms with E-state index >= 15 is 0 Å². The molecule has 5 atom stereocenters. The van der Waals surface area contributed by atoms with E-state index in [1.54, 1.807) is 0 Å². The predicted octanol–water partition coefficient (Wildman–Crippen LogP) is 5.05. The van der Waals surface area contributed by atoms with Crippen molar-refractivity contribution in [2.45, 2.75) is 44.0 Å². The molecule has 4 rings (SSSR count). The highest BCUT2D eigenvalue weighted by Gasteiger charge is 2.48. The lowest BCUT2D eigenvalue weighted by Crippen LogP contribution is -2.53. The molecule has 0 aliphatic carbocycles. The van der Waals surface area contributed by atoms with Gasteiger partial charge in [0.25, 0.3) is 0 Å². The molecule has 3 aromatic rings.